The fourth-order valence-electron chi connectivity index (χ4n) is 0.390. The highest BCUT2D eigenvalue weighted by Gasteiger charge is 1.85. The molecule has 0 aromatic rings. The molecule has 0 radical (unpaired) electrons. The second-order valence-electron chi connectivity index (χ2n) is 1.37. The van der Waals surface area contributed by atoms with E-state index in [2.05, 4.69) is 6.58 Å². The number of rotatable bonds is 4. The molecule has 0 aliphatic carbocycles. The Hall–Kier alpha value is -1.05. The SMILES string of the molecule is C=CC(=CC)OCC=O. The van der Waals surface area contributed by atoms with Crippen LogP contribution in [0.3, 0.4) is 0 Å². The zero-order chi connectivity index (χ0) is 7.11. The van der Waals surface area contributed by atoms with E-state index in [1.807, 2.05) is 6.92 Å². The van der Waals surface area contributed by atoms with Crippen LogP contribution in [0.1, 0.15) is 6.92 Å². The third kappa shape index (κ3) is 3.53. The van der Waals surface area contributed by atoms with E-state index < -0.39 is 0 Å². The average Bonchev–Trinajstić information content (AvgIpc) is 1.91. The maximum absolute atomic E-state index is 9.75. The molecule has 0 rings (SSSR count). The van der Waals surface area contributed by atoms with Crippen molar-refractivity contribution in [3.63, 3.8) is 0 Å². The number of aldehydes is 1. The van der Waals surface area contributed by atoms with E-state index in [9.17, 15) is 4.79 Å². The summed E-state index contributed by atoms with van der Waals surface area (Å²) in [6, 6.07) is 0. The van der Waals surface area contributed by atoms with E-state index in [0.717, 1.165) is 0 Å². The van der Waals surface area contributed by atoms with Gasteiger partial charge in [0.1, 0.15) is 12.4 Å². The van der Waals surface area contributed by atoms with Crippen LogP contribution in [0.4, 0.5) is 0 Å². The Labute approximate surface area is 54.8 Å². The van der Waals surface area contributed by atoms with Crippen LogP contribution in [0.5, 0.6) is 0 Å². The number of hydrogen-bond donors (Lipinski definition) is 0. The average molecular weight is 126 g/mol. The van der Waals surface area contributed by atoms with Gasteiger partial charge in [-0.2, -0.15) is 0 Å². The van der Waals surface area contributed by atoms with Gasteiger partial charge in [-0.15, -0.1) is 0 Å². The van der Waals surface area contributed by atoms with Gasteiger partial charge in [-0.1, -0.05) is 6.58 Å². The summed E-state index contributed by atoms with van der Waals surface area (Å²) < 4.78 is 4.86. The van der Waals surface area contributed by atoms with Crippen molar-refractivity contribution in [2.24, 2.45) is 0 Å². The topological polar surface area (TPSA) is 26.3 Å². The standard InChI is InChI=1S/C7H10O2/c1-3-7(4-2)9-6-5-8/h3-5H,1,6H2,2H3. The van der Waals surface area contributed by atoms with Crippen molar-refractivity contribution < 1.29 is 9.53 Å². The van der Waals surface area contributed by atoms with Gasteiger partial charge in [0.2, 0.25) is 0 Å². The third-order valence-electron chi connectivity index (χ3n) is 0.804. The fourth-order valence-corrected chi connectivity index (χ4v) is 0.390. The van der Waals surface area contributed by atoms with Gasteiger partial charge in [0.25, 0.3) is 0 Å². The predicted molar refractivity (Wildman–Crippen MR) is 36.0 cm³/mol. The molecule has 50 valence electrons. The first-order chi connectivity index (χ1) is 4.35. The molecule has 0 atom stereocenters. The lowest BCUT2D eigenvalue weighted by Crippen LogP contribution is -1.92. The van der Waals surface area contributed by atoms with Crippen LogP contribution in [0.15, 0.2) is 24.5 Å². The van der Waals surface area contributed by atoms with Gasteiger partial charge in [0, 0.05) is 0 Å². The third-order valence-corrected chi connectivity index (χ3v) is 0.804. The lowest BCUT2D eigenvalue weighted by Gasteiger charge is -1.98. The Morgan fingerprint density at radius 2 is 2.44 bits per heavy atom. The minimum atomic E-state index is 0.103. The molecule has 9 heavy (non-hydrogen) atoms. The number of hydrogen-bond acceptors (Lipinski definition) is 2. The van der Waals surface area contributed by atoms with Gasteiger partial charge in [-0.3, -0.25) is 4.79 Å². The first kappa shape index (κ1) is 7.95. The summed E-state index contributed by atoms with van der Waals surface area (Å²) in [5, 5.41) is 0. The number of ether oxygens (including phenoxy) is 1. The van der Waals surface area contributed by atoms with Crippen molar-refractivity contribution in [3.8, 4) is 0 Å². The molecule has 0 saturated carbocycles. The predicted octanol–water partition coefficient (Wildman–Crippen LogP) is 1.29. The van der Waals surface area contributed by atoms with Crippen molar-refractivity contribution >= 4 is 6.29 Å². The highest BCUT2D eigenvalue weighted by Crippen LogP contribution is 1.94. The minimum absolute atomic E-state index is 0.103. The molecule has 0 heterocycles. The second-order valence-corrected chi connectivity index (χ2v) is 1.37. The highest BCUT2D eigenvalue weighted by molar-refractivity contribution is 5.50. The van der Waals surface area contributed by atoms with Crippen LogP contribution in [-0.2, 0) is 9.53 Å². The molecule has 0 N–H and O–H groups in total. The van der Waals surface area contributed by atoms with Gasteiger partial charge in [0.15, 0.2) is 6.29 Å². The number of carbonyl (C=O) groups excluding carboxylic acids is 1. The molecule has 2 nitrogen and oxygen atoms in total. The molecular weight excluding hydrogens is 116 g/mol. The van der Waals surface area contributed by atoms with Crippen molar-refractivity contribution in [1.82, 2.24) is 0 Å². The lowest BCUT2D eigenvalue weighted by atomic mass is 10.4. The van der Waals surface area contributed by atoms with Gasteiger partial charge < -0.3 is 4.74 Å². The Morgan fingerprint density at radius 3 is 2.78 bits per heavy atom. The smallest absolute Gasteiger partial charge is 0.157 e. The van der Waals surface area contributed by atoms with Crippen LogP contribution in [0.2, 0.25) is 0 Å². The van der Waals surface area contributed by atoms with Gasteiger partial charge in [-0.25, -0.2) is 0 Å². The van der Waals surface area contributed by atoms with Crippen LogP contribution in [0, 0.1) is 0 Å². The van der Waals surface area contributed by atoms with E-state index in [-0.39, 0.29) is 6.61 Å². The van der Waals surface area contributed by atoms with Crippen LogP contribution in [0.25, 0.3) is 0 Å². The quantitative estimate of drug-likeness (QED) is 0.322. The molecule has 0 fully saturated rings. The summed E-state index contributed by atoms with van der Waals surface area (Å²) >= 11 is 0. The number of allylic oxidation sites excluding steroid dienone is 2. The molecule has 0 aromatic heterocycles. The summed E-state index contributed by atoms with van der Waals surface area (Å²) in [6.07, 6.45) is 4.01. The Morgan fingerprint density at radius 1 is 1.78 bits per heavy atom. The number of carbonyl (C=O) groups is 1. The second kappa shape index (κ2) is 5.09. The highest BCUT2D eigenvalue weighted by atomic mass is 16.5. The van der Waals surface area contributed by atoms with Crippen molar-refractivity contribution in [2.45, 2.75) is 6.92 Å². The molecule has 0 bridgehead atoms. The zero-order valence-electron chi connectivity index (χ0n) is 5.46. The maximum atomic E-state index is 9.75. The fraction of sp³-hybridized carbons (Fsp3) is 0.286. The van der Waals surface area contributed by atoms with Crippen molar-refractivity contribution in [1.29, 1.82) is 0 Å². The van der Waals surface area contributed by atoms with Gasteiger partial charge in [0.05, 0.1) is 0 Å². The normalized spacial score (nSPS) is 10.6. The molecule has 0 saturated heterocycles. The monoisotopic (exact) mass is 126 g/mol. The van der Waals surface area contributed by atoms with Gasteiger partial charge >= 0.3 is 0 Å². The van der Waals surface area contributed by atoms with E-state index >= 15 is 0 Å². The molecular formula is C7H10O2. The molecule has 0 aliphatic heterocycles. The Balaban J connectivity index is 3.57. The van der Waals surface area contributed by atoms with E-state index in [4.69, 9.17) is 4.74 Å². The molecule has 2 heteroatoms. The molecule has 0 aromatic carbocycles. The lowest BCUT2D eigenvalue weighted by molar-refractivity contribution is -0.110. The largest absolute Gasteiger partial charge is 0.487 e. The van der Waals surface area contributed by atoms with Crippen LogP contribution in [-0.4, -0.2) is 12.9 Å². The maximum Gasteiger partial charge on any atom is 0.157 e. The van der Waals surface area contributed by atoms with Gasteiger partial charge in [-0.05, 0) is 19.1 Å². The minimum Gasteiger partial charge on any atom is -0.487 e. The summed E-state index contributed by atoms with van der Waals surface area (Å²) in [4.78, 5) is 9.75. The summed E-state index contributed by atoms with van der Waals surface area (Å²) in [5.74, 6) is 0.641. The molecule has 0 spiro atoms. The van der Waals surface area contributed by atoms with Crippen molar-refractivity contribution in [2.75, 3.05) is 6.61 Å². The summed E-state index contributed by atoms with van der Waals surface area (Å²) in [7, 11) is 0. The molecule has 0 amide bonds. The van der Waals surface area contributed by atoms with E-state index in [1.165, 1.54) is 0 Å². The van der Waals surface area contributed by atoms with Crippen LogP contribution >= 0.6 is 0 Å². The first-order valence-corrected chi connectivity index (χ1v) is 2.70. The Bertz CT molecular complexity index is 125. The van der Waals surface area contributed by atoms with Crippen LogP contribution < -0.4 is 0 Å². The summed E-state index contributed by atoms with van der Waals surface area (Å²) in [5.41, 5.74) is 0. The van der Waals surface area contributed by atoms with E-state index in [0.29, 0.717) is 12.0 Å². The summed E-state index contributed by atoms with van der Waals surface area (Å²) in [6.45, 7) is 5.40. The molecule has 0 aliphatic rings. The zero-order valence-corrected chi connectivity index (χ0v) is 5.46. The van der Waals surface area contributed by atoms with E-state index in [1.54, 1.807) is 12.2 Å². The Kier molecular flexibility index (Phi) is 4.50. The van der Waals surface area contributed by atoms with Crippen molar-refractivity contribution in [3.05, 3.63) is 24.5 Å². The first-order valence-electron chi connectivity index (χ1n) is 2.70. The molecule has 0 unspecified atom stereocenters.